The van der Waals surface area contributed by atoms with Gasteiger partial charge in [0, 0.05) is 50.9 Å². The highest BCUT2D eigenvalue weighted by Crippen LogP contribution is 2.39. The van der Waals surface area contributed by atoms with E-state index in [9.17, 15) is 14.3 Å². The van der Waals surface area contributed by atoms with Crippen molar-refractivity contribution in [3.63, 3.8) is 0 Å². The van der Waals surface area contributed by atoms with Gasteiger partial charge in [0.1, 0.15) is 5.82 Å². The third-order valence-electron chi connectivity index (χ3n) is 6.68. The Morgan fingerprint density at radius 1 is 1.14 bits per heavy atom. The molecular weight excluding hydrogens is 359 g/mol. The van der Waals surface area contributed by atoms with Crippen LogP contribution in [0, 0.1) is 29.0 Å². The van der Waals surface area contributed by atoms with Gasteiger partial charge in [0.25, 0.3) is 5.91 Å². The molecule has 2 aliphatic heterocycles. The summed E-state index contributed by atoms with van der Waals surface area (Å²) in [5.74, 6) is -0.145. The van der Waals surface area contributed by atoms with Crippen LogP contribution >= 0.6 is 0 Å². The van der Waals surface area contributed by atoms with E-state index >= 15 is 0 Å². The van der Waals surface area contributed by atoms with Crippen molar-refractivity contribution in [2.75, 3.05) is 46.3 Å². The largest absolute Gasteiger partial charge is 0.391 e. The normalized spacial score (nSPS) is 31.4. The van der Waals surface area contributed by atoms with E-state index in [0.717, 1.165) is 38.7 Å². The van der Waals surface area contributed by atoms with E-state index in [-0.39, 0.29) is 35.1 Å². The molecule has 3 fully saturated rings. The molecule has 0 aromatic heterocycles. The van der Waals surface area contributed by atoms with Crippen LogP contribution in [0.2, 0.25) is 0 Å². The summed E-state index contributed by atoms with van der Waals surface area (Å²) in [5.41, 5.74) is 0.386. The molecule has 2 saturated heterocycles. The van der Waals surface area contributed by atoms with E-state index < -0.39 is 5.82 Å². The second kappa shape index (κ2) is 7.78. The molecule has 1 aliphatic carbocycles. The lowest BCUT2D eigenvalue weighted by Crippen LogP contribution is -2.55. The van der Waals surface area contributed by atoms with Gasteiger partial charge in [0.15, 0.2) is 0 Å². The second-order valence-electron chi connectivity index (χ2n) is 8.52. The Bertz CT molecular complexity index is 787. The van der Waals surface area contributed by atoms with Crippen LogP contribution in [0.3, 0.4) is 0 Å². The highest BCUT2D eigenvalue weighted by atomic mass is 19.1. The number of likely N-dealkylation sites (tertiary alicyclic amines) is 1. The van der Waals surface area contributed by atoms with Crippen LogP contribution in [-0.2, 0) is 0 Å². The van der Waals surface area contributed by atoms with Gasteiger partial charge >= 0.3 is 0 Å². The molecule has 1 aromatic carbocycles. The standard InChI is InChI=1S/C21H27FN4O2/c1-24-2-4-25(5-3-24)19-9-16-12-26(13-17(16)10-20(19)27)21(28)15-6-14(11-23)7-18(22)8-15/h6-8,16-17,19-20,27H,2-5,9-10,12-13H2,1H3/t16-,17+,19-,20-/m1/s1. The minimum Gasteiger partial charge on any atom is -0.391 e. The maximum Gasteiger partial charge on any atom is 0.254 e. The van der Waals surface area contributed by atoms with Gasteiger partial charge in [-0.1, -0.05) is 0 Å². The highest BCUT2D eigenvalue weighted by Gasteiger charge is 2.45. The van der Waals surface area contributed by atoms with Crippen molar-refractivity contribution in [3.8, 4) is 6.07 Å². The van der Waals surface area contributed by atoms with Gasteiger partial charge in [-0.05, 0) is 49.9 Å². The third kappa shape index (κ3) is 3.77. The number of aliphatic hydroxyl groups excluding tert-OH is 1. The lowest BCUT2D eigenvalue weighted by atomic mass is 9.77. The summed E-state index contributed by atoms with van der Waals surface area (Å²) in [7, 11) is 2.12. The van der Waals surface area contributed by atoms with Crippen molar-refractivity contribution < 1.29 is 14.3 Å². The minimum absolute atomic E-state index is 0.157. The van der Waals surface area contributed by atoms with Gasteiger partial charge in [-0.25, -0.2) is 4.39 Å². The third-order valence-corrected chi connectivity index (χ3v) is 6.68. The van der Waals surface area contributed by atoms with Crippen LogP contribution in [0.15, 0.2) is 18.2 Å². The molecule has 2 heterocycles. The van der Waals surface area contributed by atoms with E-state index in [0.29, 0.717) is 25.4 Å². The average Bonchev–Trinajstić information content (AvgIpc) is 3.09. The fourth-order valence-corrected chi connectivity index (χ4v) is 5.08. The van der Waals surface area contributed by atoms with Crippen molar-refractivity contribution in [1.29, 1.82) is 5.26 Å². The van der Waals surface area contributed by atoms with Gasteiger partial charge in [-0.3, -0.25) is 9.69 Å². The van der Waals surface area contributed by atoms with E-state index in [1.54, 1.807) is 4.90 Å². The fourth-order valence-electron chi connectivity index (χ4n) is 5.08. The minimum atomic E-state index is -0.565. The molecule has 1 amide bonds. The number of carbonyl (C=O) groups excluding carboxylic acids is 1. The number of amides is 1. The molecule has 0 radical (unpaired) electrons. The van der Waals surface area contributed by atoms with Crippen LogP contribution in [0.1, 0.15) is 28.8 Å². The monoisotopic (exact) mass is 386 g/mol. The number of aliphatic hydroxyl groups is 1. The van der Waals surface area contributed by atoms with Gasteiger partial charge < -0.3 is 14.9 Å². The molecule has 28 heavy (non-hydrogen) atoms. The molecular formula is C21H27FN4O2. The topological polar surface area (TPSA) is 70.8 Å². The second-order valence-corrected chi connectivity index (χ2v) is 8.52. The molecule has 0 spiro atoms. The molecule has 0 bridgehead atoms. The number of hydrogen-bond donors (Lipinski definition) is 1. The first-order valence-electron chi connectivity index (χ1n) is 10.0. The Balaban J connectivity index is 1.44. The van der Waals surface area contributed by atoms with Gasteiger partial charge in [-0.15, -0.1) is 0 Å². The summed E-state index contributed by atoms with van der Waals surface area (Å²) >= 11 is 0. The maximum atomic E-state index is 13.7. The van der Waals surface area contributed by atoms with Crippen LogP contribution in [-0.4, -0.2) is 84.2 Å². The molecule has 1 N–H and O–H groups in total. The number of likely N-dealkylation sites (N-methyl/N-ethyl adjacent to an activating group) is 1. The highest BCUT2D eigenvalue weighted by molar-refractivity contribution is 5.94. The van der Waals surface area contributed by atoms with E-state index in [1.165, 1.54) is 12.1 Å². The number of fused-ring (bicyclic) bond motifs is 1. The van der Waals surface area contributed by atoms with E-state index in [2.05, 4.69) is 16.8 Å². The zero-order chi connectivity index (χ0) is 19.8. The molecule has 0 unspecified atom stereocenters. The summed E-state index contributed by atoms with van der Waals surface area (Å²) in [5, 5.41) is 19.8. The molecule has 3 aliphatic rings. The van der Waals surface area contributed by atoms with Crippen LogP contribution in [0.5, 0.6) is 0 Å². The number of piperazine rings is 1. The van der Waals surface area contributed by atoms with Crippen molar-refractivity contribution in [2.45, 2.75) is 25.0 Å². The Labute approximate surface area is 165 Å². The average molecular weight is 386 g/mol. The first-order chi connectivity index (χ1) is 13.4. The molecule has 1 aromatic rings. The van der Waals surface area contributed by atoms with Crippen LogP contribution in [0.25, 0.3) is 0 Å². The number of carbonyl (C=O) groups is 1. The number of nitriles is 1. The number of benzene rings is 1. The molecule has 1 saturated carbocycles. The van der Waals surface area contributed by atoms with Crippen LogP contribution < -0.4 is 0 Å². The summed E-state index contributed by atoms with van der Waals surface area (Å²) in [6.45, 7) is 5.20. The number of rotatable bonds is 2. The first-order valence-corrected chi connectivity index (χ1v) is 10.0. The van der Waals surface area contributed by atoms with Crippen molar-refractivity contribution in [3.05, 3.63) is 35.1 Å². The Morgan fingerprint density at radius 2 is 1.82 bits per heavy atom. The summed E-state index contributed by atoms with van der Waals surface area (Å²) in [4.78, 5) is 19.4. The number of nitrogens with zero attached hydrogens (tertiary/aromatic N) is 4. The molecule has 6 nitrogen and oxygen atoms in total. The van der Waals surface area contributed by atoms with Crippen molar-refractivity contribution >= 4 is 5.91 Å². The van der Waals surface area contributed by atoms with Crippen LogP contribution in [0.4, 0.5) is 4.39 Å². The summed E-state index contributed by atoms with van der Waals surface area (Å²) < 4.78 is 13.7. The summed E-state index contributed by atoms with van der Waals surface area (Å²) in [6, 6.07) is 5.85. The molecule has 150 valence electrons. The van der Waals surface area contributed by atoms with Crippen molar-refractivity contribution in [2.24, 2.45) is 11.8 Å². The van der Waals surface area contributed by atoms with Crippen molar-refractivity contribution in [1.82, 2.24) is 14.7 Å². The lowest BCUT2D eigenvalue weighted by Gasteiger charge is -2.44. The van der Waals surface area contributed by atoms with E-state index in [4.69, 9.17) is 5.26 Å². The Hall–Kier alpha value is -2.01. The number of hydrogen-bond acceptors (Lipinski definition) is 5. The summed E-state index contributed by atoms with van der Waals surface area (Å²) in [6.07, 6.45) is 1.24. The van der Waals surface area contributed by atoms with Gasteiger partial charge in [0.2, 0.25) is 0 Å². The van der Waals surface area contributed by atoms with Gasteiger partial charge in [-0.2, -0.15) is 5.26 Å². The zero-order valence-electron chi connectivity index (χ0n) is 16.2. The predicted octanol–water partition coefficient (Wildman–Crippen LogP) is 1.16. The van der Waals surface area contributed by atoms with E-state index in [1.807, 2.05) is 6.07 Å². The van der Waals surface area contributed by atoms with Gasteiger partial charge in [0.05, 0.1) is 17.7 Å². The maximum absolute atomic E-state index is 13.7. The Morgan fingerprint density at radius 3 is 2.50 bits per heavy atom. The lowest BCUT2D eigenvalue weighted by molar-refractivity contribution is -0.0249. The predicted molar refractivity (Wildman–Crippen MR) is 102 cm³/mol. The molecule has 7 heteroatoms. The number of halogens is 1. The molecule has 4 atom stereocenters. The smallest absolute Gasteiger partial charge is 0.254 e. The SMILES string of the molecule is CN1CCN([C@@H]2C[C@@H]3CN(C(=O)c4cc(F)cc(C#N)c4)C[C@@H]3C[C@H]2O)CC1. The molecule has 4 rings (SSSR count). The zero-order valence-corrected chi connectivity index (χ0v) is 16.2. The Kier molecular flexibility index (Phi) is 5.37. The quantitative estimate of drug-likeness (QED) is 0.826. The fraction of sp³-hybridized carbons (Fsp3) is 0.619. The first kappa shape index (κ1) is 19.3.